The van der Waals surface area contributed by atoms with Crippen LogP contribution in [0.2, 0.25) is 0 Å². The number of ether oxygens (including phenoxy) is 1. The van der Waals surface area contributed by atoms with E-state index in [0.717, 1.165) is 12.8 Å². The van der Waals surface area contributed by atoms with Gasteiger partial charge in [0.25, 0.3) is 5.91 Å². The molecule has 0 radical (unpaired) electrons. The first kappa shape index (κ1) is 14.1. The molecule has 0 aromatic heterocycles. The Labute approximate surface area is 117 Å². The molecule has 0 bridgehead atoms. The smallest absolute Gasteiger partial charge is 0.310 e. The molecular weight excluding hydrogens is 256 g/mol. The van der Waals surface area contributed by atoms with Crippen LogP contribution in [-0.4, -0.2) is 37.0 Å². The summed E-state index contributed by atoms with van der Waals surface area (Å²) in [5, 5.41) is 8.86. The van der Waals surface area contributed by atoms with Gasteiger partial charge in [0.1, 0.15) is 0 Å². The van der Waals surface area contributed by atoms with Gasteiger partial charge in [0.2, 0.25) is 0 Å². The largest absolute Gasteiger partial charge is 0.469 e. The van der Waals surface area contributed by atoms with Crippen molar-refractivity contribution in [1.82, 2.24) is 4.90 Å². The summed E-state index contributed by atoms with van der Waals surface area (Å²) in [6.07, 6.45) is 1.53. The van der Waals surface area contributed by atoms with Gasteiger partial charge in [-0.3, -0.25) is 9.59 Å². The summed E-state index contributed by atoms with van der Waals surface area (Å²) >= 11 is 0. The maximum absolute atomic E-state index is 12.4. The fourth-order valence-corrected chi connectivity index (χ4v) is 2.43. The second kappa shape index (κ2) is 6.20. The first-order valence-electron chi connectivity index (χ1n) is 6.53. The lowest BCUT2D eigenvalue weighted by Gasteiger charge is -2.31. The third-order valence-electron chi connectivity index (χ3n) is 3.48. The zero-order valence-electron chi connectivity index (χ0n) is 11.3. The Morgan fingerprint density at radius 3 is 2.95 bits per heavy atom. The summed E-state index contributed by atoms with van der Waals surface area (Å²) in [5.74, 6) is -0.666. The number of methoxy groups -OCH3 is 1. The van der Waals surface area contributed by atoms with Crippen LogP contribution in [-0.2, 0) is 9.53 Å². The van der Waals surface area contributed by atoms with E-state index < -0.39 is 0 Å². The van der Waals surface area contributed by atoms with Crippen molar-refractivity contribution in [3.8, 4) is 6.07 Å². The average Bonchev–Trinajstić information content (AvgIpc) is 2.53. The molecule has 1 amide bonds. The third kappa shape index (κ3) is 2.97. The molecule has 5 nitrogen and oxygen atoms in total. The first-order chi connectivity index (χ1) is 9.65. The van der Waals surface area contributed by atoms with Crippen LogP contribution in [0.25, 0.3) is 0 Å². The first-order valence-corrected chi connectivity index (χ1v) is 6.53. The van der Waals surface area contributed by atoms with E-state index in [2.05, 4.69) is 0 Å². The van der Waals surface area contributed by atoms with Crippen LogP contribution in [0.5, 0.6) is 0 Å². The predicted octanol–water partition coefficient (Wildman–Crippen LogP) is 1.58. The minimum Gasteiger partial charge on any atom is -0.469 e. The number of nitriles is 1. The van der Waals surface area contributed by atoms with Crippen LogP contribution in [0.15, 0.2) is 24.3 Å². The molecule has 0 N–H and O–H groups in total. The average molecular weight is 272 g/mol. The molecule has 0 aliphatic carbocycles. The molecule has 1 aromatic rings. The Morgan fingerprint density at radius 2 is 2.25 bits per heavy atom. The van der Waals surface area contributed by atoms with Gasteiger partial charge in [-0.1, -0.05) is 6.07 Å². The van der Waals surface area contributed by atoms with Gasteiger partial charge in [0, 0.05) is 18.7 Å². The van der Waals surface area contributed by atoms with Crippen LogP contribution in [0.1, 0.15) is 28.8 Å². The van der Waals surface area contributed by atoms with Gasteiger partial charge in [-0.2, -0.15) is 5.26 Å². The molecule has 1 aliphatic heterocycles. The van der Waals surface area contributed by atoms with Crippen molar-refractivity contribution >= 4 is 11.9 Å². The van der Waals surface area contributed by atoms with E-state index in [1.165, 1.54) is 7.11 Å². The lowest BCUT2D eigenvalue weighted by atomic mass is 9.97. The lowest BCUT2D eigenvalue weighted by molar-refractivity contribution is -0.146. The number of carbonyl (C=O) groups is 2. The van der Waals surface area contributed by atoms with Gasteiger partial charge in [0.05, 0.1) is 24.7 Å². The van der Waals surface area contributed by atoms with Gasteiger partial charge in [-0.15, -0.1) is 0 Å². The third-order valence-corrected chi connectivity index (χ3v) is 3.48. The highest BCUT2D eigenvalue weighted by atomic mass is 16.5. The monoisotopic (exact) mass is 272 g/mol. The van der Waals surface area contributed by atoms with Crippen LogP contribution in [0.3, 0.4) is 0 Å². The maximum Gasteiger partial charge on any atom is 0.310 e. The number of piperidine rings is 1. The van der Waals surface area contributed by atoms with E-state index in [9.17, 15) is 9.59 Å². The summed E-state index contributed by atoms with van der Waals surface area (Å²) in [7, 11) is 1.36. The highest BCUT2D eigenvalue weighted by Gasteiger charge is 2.29. The summed E-state index contributed by atoms with van der Waals surface area (Å²) in [6, 6.07) is 8.62. The molecule has 104 valence electrons. The number of carbonyl (C=O) groups excluding carboxylic acids is 2. The van der Waals surface area contributed by atoms with Crippen molar-refractivity contribution in [3.05, 3.63) is 35.4 Å². The van der Waals surface area contributed by atoms with Crippen molar-refractivity contribution in [1.29, 1.82) is 5.26 Å². The summed E-state index contributed by atoms with van der Waals surface area (Å²) in [6.45, 7) is 1.01. The van der Waals surface area contributed by atoms with Crippen molar-refractivity contribution in [2.24, 2.45) is 5.92 Å². The van der Waals surface area contributed by atoms with Gasteiger partial charge in [-0.25, -0.2) is 0 Å². The van der Waals surface area contributed by atoms with E-state index in [-0.39, 0.29) is 17.8 Å². The Hall–Kier alpha value is -2.35. The highest BCUT2D eigenvalue weighted by Crippen LogP contribution is 2.20. The molecule has 0 spiro atoms. The van der Waals surface area contributed by atoms with Crippen LogP contribution >= 0.6 is 0 Å². The number of esters is 1. The Bertz CT molecular complexity index is 562. The maximum atomic E-state index is 12.4. The number of amides is 1. The number of hydrogen-bond acceptors (Lipinski definition) is 4. The second-order valence-corrected chi connectivity index (χ2v) is 4.81. The van der Waals surface area contributed by atoms with Crippen molar-refractivity contribution < 1.29 is 14.3 Å². The number of likely N-dealkylation sites (tertiary alicyclic amines) is 1. The Balaban J connectivity index is 2.12. The zero-order valence-corrected chi connectivity index (χ0v) is 11.3. The molecular formula is C15H16N2O3. The van der Waals surface area contributed by atoms with E-state index >= 15 is 0 Å². The van der Waals surface area contributed by atoms with Crippen molar-refractivity contribution in [3.63, 3.8) is 0 Å². The van der Waals surface area contributed by atoms with Crippen LogP contribution in [0, 0.1) is 17.2 Å². The van der Waals surface area contributed by atoms with Gasteiger partial charge < -0.3 is 9.64 Å². The van der Waals surface area contributed by atoms with E-state index in [1.54, 1.807) is 29.2 Å². The van der Waals surface area contributed by atoms with E-state index in [4.69, 9.17) is 10.00 Å². The topological polar surface area (TPSA) is 70.4 Å². The zero-order chi connectivity index (χ0) is 14.5. The number of benzene rings is 1. The SMILES string of the molecule is COC(=O)C1CCCN(C(=O)c2cccc(C#N)c2)C1. The Kier molecular flexibility index (Phi) is 4.36. The van der Waals surface area contributed by atoms with Crippen molar-refractivity contribution in [2.75, 3.05) is 20.2 Å². The highest BCUT2D eigenvalue weighted by molar-refractivity contribution is 5.95. The quantitative estimate of drug-likeness (QED) is 0.766. The summed E-state index contributed by atoms with van der Waals surface area (Å²) < 4.78 is 4.74. The van der Waals surface area contributed by atoms with E-state index in [1.807, 2.05) is 6.07 Å². The van der Waals surface area contributed by atoms with Gasteiger partial charge >= 0.3 is 5.97 Å². The molecule has 0 saturated carbocycles. The minimum absolute atomic E-state index is 0.143. The standard InChI is InChI=1S/C15H16N2O3/c1-20-15(19)13-6-3-7-17(10-13)14(18)12-5-2-4-11(8-12)9-16/h2,4-5,8,13H,3,6-7,10H2,1H3. The number of rotatable bonds is 2. The normalized spacial score (nSPS) is 18.2. The minimum atomic E-state index is -0.270. The Morgan fingerprint density at radius 1 is 1.45 bits per heavy atom. The molecule has 1 aliphatic rings. The molecule has 2 rings (SSSR count). The number of nitrogens with zero attached hydrogens (tertiary/aromatic N) is 2. The van der Waals surface area contributed by atoms with Gasteiger partial charge in [-0.05, 0) is 31.0 Å². The molecule has 1 heterocycles. The summed E-state index contributed by atoms with van der Waals surface area (Å²) in [5.41, 5.74) is 0.937. The van der Waals surface area contributed by atoms with E-state index in [0.29, 0.717) is 24.2 Å². The summed E-state index contributed by atoms with van der Waals surface area (Å²) in [4.78, 5) is 25.6. The molecule has 1 fully saturated rings. The molecule has 1 aromatic carbocycles. The second-order valence-electron chi connectivity index (χ2n) is 4.81. The number of hydrogen-bond donors (Lipinski definition) is 0. The molecule has 1 saturated heterocycles. The molecule has 1 atom stereocenters. The molecule has 1 unspecified atom stereocenters. The van der Waals surface area contributed by atoms with Crippen LogP contribution < -0.4 is 0 Å². The molecule has 20 heavy (non-hydrogen) atoms. The fourth-order valence-electron chi connectivity index (χ4n) is 2.43. The fraction of sp³-hybridized carbons (Fsp3) is 0.400. The predicted molar refractivity (Wildman–Crippen MR) is 71.8 cm³/mol. The molecule has 5 heteroatoms. The lowest BCUT2D eigenvalue weighted by Crippen LogP contribution is -2.42. The van der Waals surface area contributed by atoms with Crippen molar-refractivity contribution in [2.45, 2.75) is 12.8 Å². The van der Waals surface area contributed by atoms with Gasteiger partial charge in [0.15, 0.2) is 0 Å². The van der Waals surface area contributed by atoms with Crippen LogP contribution in [0.4, 0.5) is 0 Å².